The van der Waals surface area contributed by atoms with E-state index in [1.807, 2.05) is 36.7 Å². The molecule has 17 heavy (non-hydrogen) atoms. The molecule has 0 radical (unpaired) electrons. The highest BCUT2D eigenvalue weighted by Gasteiger charge is 2.08. The van der Waals surface area contributed by atoms with Crippen molar-refractivity contribution in [3.8, 4) is 5.75 Å². The highest BCUT2D eigenvalue weighted by atomic mass is 35.5. The zero-order chi connectivity index (χ0) is 12.3. The highest BCUT2D eigenvalue weighted by Crippen LogP contribution is 2.23. The van der Waals surface area contributed by atoms with Crippen molar-refractivity contribution in [3.05, 3.63) is 41.4 Å². The second-order valence-corrected chi connectivity index (χ2v) is 4.34. The number of para-hydroxylation sites is 1. The molecule has 0 fully saturated rings. The number of benzene rings is 1. The molecule has 1 aromatic heterocycles. The summed E-state index contributed by atoms with van der Waals surface area (Å²) in [6.45, 7) is 4.46. The molecule has 0 amide bonds. The van der Waals surface area contributed by atoms with Gasteiger partial charge in [0.05, 0.1) is 5.02 Å². The SMILES string of the molecule is CC(C)n1ncnc1COc1ccccc1Cl. The molecule has 0 aliphatic heterocycles. The summed E-state index contributed by atoms with van der Waals surface area (Å²) in [7, 11) is 0. The second-order valence-electron chi connectivity index (χ2n) is 3.93. The normalized spacial score (nSPS) is 10.8. The maximum atomic E-state index is 6.00. The van der Waals surface area contributed by atoms with Gasteiger partial charge in [-0.15, -0.1) is 0 Å². The first-order chi connectivity index (χ1) is 8.18. The summed E-state index contributed by atoms with van der Waals surface area (Å²) < 4.78 is 7.45. The number of hydrogen-bond donors (Lipinski definition) is 0. The topological polar surface area (TPSA) is 39.9 Å². The van der Waals surface area contributed by atoms with Gasteiger partial charge >= 0.3 is 0 Å². The van der Waals surface area contributed by atoms with E-state index in [1.165, 1.54) is 6.33 Å². The van der Waals surface area contributed by atoms with E-state index in [-0.39, 0.29) is 6.04 Å². The Labute approximate surface area is 105 Å². The van der Waals surface area contributed by atoms with Crippen molar-refractivity contribution in [2.45, 2.75) is 26.5 Å². The monoisotopic (exact) mass is 251 g/mol. The van der Waals surface area contributed by atoms with Crippen LogP contribution in [0.2, 0.25) is 5.02 Å². The lowest BCUT2D eigenvalue weighted by atomic mass is 10.3. The number of hydrogen-bond acceptors (Lipinski definition) is 3. The molecule has 0 unspecified atom stereocenters. The van der Waals surface area contributed by atoms with Crippen LogP contribution in [-0.4, -0.2) is 14.8 Å². The molecule has 1 aromatic carbocycles. The van der Waals surface area contributed by atoms with Crippen molar-refractivity contribution in [1.29, 1.82) is 0 Å². The van der Waals surface area contributed by atoms with Crippen LogP contribution in [0.3, 0.4) is 0 Å². The fourth-order valence-corrected chi connectivity index (χ4v) is 1.70. The van der Waals surface area contributed by atoms with E-state index >= 15 is 0 Å². The van der Waals surface area contributed by atoms with Crippen LogP contribution in [-0.2, 0) is 6.61 Å². The molecule has 2 aromatic rings. The largest absolute Gasteiger partial charge is 0.484 e. The smallest absolute Gasteiger partial charge is 0.165 e. The van der Waals surface area contributed by atoms with Crippen LogP contribution in [0.4, 0.5) is 0 Å². The number of halogens is 1. The van der Waals surface area contributed by atoms with Gasteiger partial charge in [-0.1, -0.05) is 23.7 Å². The number of aromatic nitrogens is 3. The van der Waals surface area contributed by atoms with Gasteiger partial charge in [-0.2, -0.15) is 5.10 Å². The lowest BCUT2D eigenvalue weighted by Gasteiger charge is -2.11. The van der Waals surface area contributed by atoms with E-state index in [0.717, 1.165) is 5.82 Å². The van der Waals surface area contributed by atoms with Gasteiger partial charge in [0.2, 0.25) is 0 Å². The van der Waals surface area contributed by atoms with Gasteiger partial charge in [-0.3, -0.25) is 0 Å². The summed E-state index contributed by atoms with van der Waals surface area (Å²) in [6, 6.07) is 7.64. The van der Waals surface area contributed by atoms with Crippen LogP contribution in [0, 0.1) is 0 Å². The Hall–Kier alpha value is -1.55. The Morgan fingerprint density at radius 1 is 1.35 bits per heavy atom. The van der Waals surface area contributed by atoms with Crippen molar-refractivity contribution in [2.24, 2.45) is 0 Å². The van der Waals surface area contributed by atoms with Gasteiger partial charge in [0.15, 0.2) is 5.82 Å². The van der Waals surface area contributed by atoms with Crippen LogP contribution in [0.1, 0.15) is 25.7 Å². The molecule has 0 bridgehead atoms. The zero-order valence-electron chi connectivity index (χ0n) is 9.80. The van der Waals surface area contributed by atoms with E-state index in [9.17, 15) is 0 Å². The lowest BCUT2D eigenvalue weighted by molar-refractivity contribution is 0.282. The summed E-state index contributed by atoms with van der Waals surface area (Å²) in [5, 5.41) is 4.74. The molecular formula is C12H14ClN3O. The Bertz CT molecular complexity index is 496. The Morgan fingerprint density at radius 2 is 2.12 bits per heavy atom. The number of ether oxygens (including phenoxy) is 1. The molecule has 0 aliphatic carbocycles. The molecule has 0 aliphatic rings. The molecule has 2 rings (SSSR count). The molecule has 0 spiro atoms. The van der Waals surface area contributed by atoms with Crippen molar-refractivity contribution < 1.29 is 4.74 Å². The molecule has 0 saturated carbocycles. The Kier molecular flexibility index (Phi) is 3.64. The molecule has 5 heteroatoms. The summed E-state index contributed by atoms with van der Waals surface area (Å²) >= 11 is 6.00. The minimum absolute atomic E-state index is 0.266. The van der Waals surface area contributed by atoms with Gasteiger partial charge in [-0.05, 0) is 26.0 Å². The lowest BCUT2D eigenvalue weighted by Crippen LogP contribution is -2.10. The van der Waals surface area contributed by atoms with Gasteiger partial charge in [-0.25, -0.2) is 9.67 Å². The predicted molar refractivity (Wildman–Crippen MR) is 66.2 cm³/mol. The molecule has 1 heterocycles. The van der Waals surface area contributed by atoms with Gasteiger partial charge in [0.1, 0.15) is 18.7 Å². The fourth-order valence-electron chi connectivity index (χ4n) is 1.51. The van der Waals surface area contributed by atoms with Crippen LogP contribution in [0.5, 0.6) is 5.75 Å². The van der Waals surface area contributed by atoms with Crippen LogP contribution in [0.25, 0.3) is 0 Å². The maximum Gasteiger partial charge on any atom is 0.165 e. The first-order valence-electron chi connectivity index (χ1n) is 5.44. The van der Waals surface area contributed by atoms with E-state index < -0.39 is 0 Å². The van der Waals surface area contributed by atoms with Crippen LogP contribution in [0.15, 0.2) is 30.6 Å². The average Bonchev–Trinajstić information content (AvgIpc) is 2.76. The van der Waals surface area contributed by atoms with Gasteiger partial charge in [0, 0.05) is 6.04 Å². The van der Waals surface area contributed by atoms with E-state index in [2.05, 4.69) is 10.1 Å². The minimum atomic E-state index is 0.266. The quantitative estimate of drug-likeness (QED) is 0.838. The number of nitrogens with zero attached hydrogens (tertiary/aromatic N) is 3. The molecule has 0 atom stereocenters. The van der Waals surface area contributed by atoms with Gasteiger partial charge < -0.3 is 4.74 Å². The van der Waals surface area contributed by atoms with Crippen molar-refractivity contribution >= 4 is 11.6 Å². The average molecular weight is 252 g/mol. The third kappa shape index (κ3) is 2.77. The molecule has 4 nitrogen and oxygen atoms in total. The summed E-state index contributed by atoms with van der Waals surface area (Å²) in [5.41, 5.74) is 0. The summed E-state index contributed by atoms with van der Waals surface area (Å²) in [5.74, 6) is 1.45. The molecular weight excluding hydrogens is 238 g/mol. The predicted octanol–water partition coefficient (Wildman–Crippen LogP) is 3.09. The number of rotatable bonds is 4. The molecule has 0 saturated heterocycles. The Balaban J connectivity index is 2.08. The maximum absolute atomic E-state index is 6.00. The first kappa shape index (κ1) is 11.9. The van der Waals surface area contributed by atoms with Crippen molar-refractivity contribution in [1.82, 2.24) is 14.8 Å². The molecule has 0 N–H and O–H groups in total. The minimum Gasteiger partial charge on any atom is -0.484 e. The van der Waals surface area contributed by atoms with Crippen LogP contribution < -0.4 is 4.74 Å². The van der Waals surface area contributed by atoms with Crippen molar-refractivity contribution in [2.75, 3.05) is 0 Å². The fraction of sp³-hybridized carbons (Fsp3) is 0.333. The second kappa shape index (κ2) is 5.19. The highest BCUT2D eigenvalue weighted by molar-refractivity contribution is 6.32. The van der Waals surface area contributed by atoms with Gasteiger partial charge in [0.25, 0.3) is 0 Å². The van der Waals surface area contributed by atoms with Crippen LogP contribution >= 0.6 is 11.6 Å². The first-order valence-corrected chi connectivity index (χ1v) is 5.82. The summed E-state index contributed by atoms with van der Waals surface area (Å²) in [6.07, 6.45) is 1.53. The third-order valence-electron chi connectivity index (χ3n) is 2.33. The van der Waals surface area contributed by atoms with E-state index in [1.54, 1.807) is 6.07 Å². The van der Waals surface area contributed by atoms with E-state index in [4.69, 9.17) is 16.3 Å². The summed E-state index contributed by atoms with van der Waals surface area (Å²) in [4.78, 5) is 4.17. The van der Waals surface area contributed by atoms with Crippen molar-refractivity contribution in [3.63, 3.8) is 0 Å². The zero-order valence-corrected chi connectivity index (χ0v) is 10.6. The third-order valence-corrected chi connectivity index (χ3v) is 2.64. The standard InChI is InChI=1S/C12H14ClN3O/c1-9(2)16-12(14-8-15-16)7-17-11-6-4-3-5-10(11)13/h3-6,8-9H,7H2,1-2H3. The Morgan fingerprint density at radius 3 is 2.82 bits per heavy atom. The molecule has 90 valence electrons. The van der Waals surface area contributed by atoms with E-state index in [0.29, 0.717) is 17.4 Å².